The number of nitrogens with zero attached hydrogens (tertiary/aromatic N) is 3. The molecule has 2 heterocycles. The van der Waals surface area contributed by atoms with E-state index in [2.05, 4.69) is 15.1 Å². The first-order valence-corrected chi connectivity index (χ1v) is 12.4. The summed E-state index contributed by atoms with van der Waals surface area (Å²) in [5.41, 5.74) is 3.05. The SMILES string of the molecule is CC(CO)NS(=O)(=O)c1ccc(CNC(=O)N2CCCc3c2cnn3-c2ccc(F)cc2)cc1. The van der Waals surface area contributed by atoms with Crippen molar-refractivity contribution in [1.82, 2.24) is 19.8 Å². The maximum Gasteiger partial charge on any atom is 0.322 e. The third kappa shape index (κ3) is 5.11. The first-order chi connectivity index (χ1) is 16.3. The molecule has 0 spiro atoms. The molecule has 1 unspecified atom stereocenters. The first-order valence-electron chi connectivity index (χ1n) is 10.9. The van der Waals surface area contributed by atoms with Gasteiger partial charge in [-0.1, -0.05) is 12.1 Å². The Morgan fingerprint density at radius 1 is 1.18 bits per heavy atom. The molecule has 1 atom stereocenters. The van der Waals surface area contributed by atoms with Gasteiger partial charge in [-0.05, 0) is 61.7 Å². The summed E-state index contributed by atoms with van der Waals surface area (Å²) in [7, 11) is -3.73. The molecule has 11 heteroatoms. The van der Waals surface area contributed by atoms with Crippen molar-refractivity contribution in [3.63, 3.8) is 0 Å². The van der Waals surface area contributed by atoms with Crippen molar-refractivity contribution in [3.8, 4) is 5.69 Å². The number of halogens is 1. The number of benzene rings is 2. The maximum atomic E-state index is 13.3. The van der Waals surface area contributed by atoms with Crippen LogP contribution >= 0.6 is 0 Å². The zero-order valence-corrected chi connectivity index (χ0v) is 19.4. The monoisotopic (exact) mass is 487 g/mol. The van der Waals surface area contributed by atoms with Crippen molar-refractivity contribution < 1.29 is 22.7 Å². The Kier molecular flexibility index (Phi) is 6.96. The van der Waals surface area contributed by atoms with Gasteiger partial charge in [0.25, 0.3) is 0 Å². The minimum absolute atomic E-state index is 0.0803. The second-order valence-electron chi connectivity index (χ2n) is 8.13. The molecule has 0 radical (unpaired) electrons. The van der Waals surface area contributed by atoms with Gasteiger partial charge in [0.1, 0.15) is 5.82 Å². The minimum atomic E-state index is -3.73. The standard InChI is InChI=1S/C23H26FN5O4S/c1-16(15-30)27-34(32,33)20-10-4-17(5-11-20)13-25-23(31)28-12-2-3-21-22(28)14-26-29(21)19-8-6-18(24)7-9-19/h4-11,14,16,27,30H,2-3,12-13,15H2,1H3,(H,25,31). The highest BCUT2D eigenvalue weighted by atomic mass is 32.2. The van der Waals surface area contributed by atoms with E-state index in [1.54, 1.807) is 47.0 Å². The fraction of sp³-hybridized carbons (Fsp3) is 0.304. The van der Waals surface area contributed by atoms with Crippen molar-refractivity contribution in [2.75, 3.05) is 18.1 Å². The number of carbonyl (C=O) groups excluding carboxylic acids is 1. The molecule has 34 heavy (non-hydrogen) atoms. The van der Waals surface area contributed by atoms with E-state index in [-0.39, 0.29) is 29.9 Å². The van der Waals surface area contributed by atoms with Crippen LogP contribution in [0.25, 0.3) is 5.69 Å². The second kappa shape index (κ2) is 9.92. The van der Waals surface area contributed by atoms with E-state index in [0.29, 0.717) is 12.2 Å². The van der Waals surface area contributed by atoms with Gasteiger partial charge in [-0.2, -0.15) is 5.10 Å². The summed E-state index contributed by atoms with van der Waals surface area (Å²) in [5.74, 6) is -0.326. The molecule has 0 saturated heterocycles. The summed E-state index contributed by atoms with van der Waals surface area (Å²) in [6.07, 6.45) is 3.14. The molecule has 4 rings (SSSR count). The van der Waals surface area contributed by atoms with Crippen molar-refractivity contribution in [2.24, 2.45) is 0 Å². The Hall–Kier alpha value is -3.28. The zero-order valence-electron chi connectivity index (χ0n) is 18.6. The number of aromatic nitrogens is 2. The molecule has 0 bridgehead atoms. The van der Waals surface area contributed by atoms with Crippen molar-refractivity contribution in [2.45, 2.75) is 37.2 Å². The van der Waals surface area contributed by atoms with Crippen molar-refractivity contribution in [1.29, 1.82) is 0 Å². The van der Waals surface area contributed by atoms with Gasteiger partial charge < -0.3 is 10.4 Å². The number of hydrogen-bond acceptors (Lipinski definition) is 5. The number of amides is 2. The number of anilines is 1. The Balaban J connectivity index is 1.42. The molecular formula is C23H26FN5O4S. The summed E-state index contributed by atoms with van der Waals surface area (Å²) in [6.45, 7) is 2.03. The fourth-order valence-corrected chi connectivity index (χ4v) is 5.03. The van der Waals surface area contributed by atoms with E-state index in [0.717, 1.165) is 29.8 Å². The van der Waals surface area contributed by atoms with Gasteiger partial charge in [0, 0.05) is 19.1 Å². The van der Waals surface area contributed by atoms with Crippen LogP contribution in [-0.2, 0) is 23.0 Å². The lowest BCUT2D eigenvalue weighted by Gasteiger charge is -2.27. The lowest BCUT2D eigenvalue weighted by Crippen LogP contribution is -2.42. The number of aliphatic hydroxyl groups excluding tert-OH is 1. The molecule has 1 aliphatic rings. The Bertz CT molecular complexity index is 1260. The average Bonchev–Trinajstić information content (AvgIpc) is 3.27. The topological polar surface area (TPSA) is 117 Å². The van der Waals surface area contributed by atoms with Crippen LogP contribution in [0.1, 0.15) is 24.6 Å². The van der Waals surface area contributed by atoms with Gasteiger partial charge in [-0.25, -0.2) is 27.0 Å². The van der Waals surface area contributed by atoms with Gasteiger partial charge in [0.15, 0.2) is 0 Å². The molecule has 9 nitrogen and oxygen atoms in total. The minimum Gasteiger partial charge on any atom is -0.395 e. The molecule has 1 aliphatic heterocycles. The van der Waals surface area contributed by atoms with Crippen LogP contribution in [0.2, 0.25) is 0 Å². The van der Waals surface area contributed by atoms with E-state index in [1.165, 1.54) is 24.3 Å². The predicted molar refractivity (Wildman–Crippen MR) is 125 cm³/mol. The summed E-state index contributed by atoms with van der Waals surface area (Å²) in [5, 5.41) is 16.3. The maximum absolute atomic E-state index is 13.3. The van der Waals surface area contributed by atoms with Crippen LogP contribution < -0.4 is 14.9 Å². The van der Waals surface area contributed by atoms with Crippen LogP contribution in [0, 0.1) is 5.82 Å². The van der Waals surface area contributed by atoms with Crippen LogP contribution in [0.3, 0.4) is 0 Å². The largest absolute Gasteiger partial charge is 0.395 e. The van der Waals surface area contributed by atoms with Crippen LogP contribution in [0.15, 0.2) is 59.6 Å². The lowest BCUT2D eigenvalue weighted by atomic mass is 10.1. The smallest absolute Gasteiger partial charge is 0.322 e. The van der Waals surface area contributed by atoms with Gasteiger partial charge in [0.2, 0.25) is 10.0 Å². The molecule has 180 valence electrons. The number of aliphatic hydroxyl groups is 1. The molecule has 3 aromatic rings. The molecule has 0 fully saturated rings. The molecular weight excluding hydrogens is 461 g/mol. The van der Waals surface area contributed by atoms with Gasteiger partial charge in [-0.3, -0.25) is 4.90 Å². The number of fused-ring (bicyclic) bond motifs is 1. The Morgan fingerprint density at radius 2 is 1.88 bits per heavy atom. The van der Waals surface area contributed by atoms with Crippen LogP contribution in [0.5, 0.6) is 0 Å². The average molecular weight is 488 g/mol. The van der Waals surface area contributed by atoms with Crippen molar-refractivity contribution >= 4 is 21.7 Å². The summed E-state index contributed by atoms with van der Waals surface area (Å²) < 4.78 is 42.0. The highest BCUT2D eigenvalue weighted by Gasteiger charge is 2.26. The number of rotatable bonds is 7. The number of nitrogens with one attached hydrogen (secondary N) is 2. The summed E-state index contributed by atoms with van der Waals surface area (Å²) in [6, 6.07) is 11.3. The van der Waals surface area contributed by atoms with E-state index >= 15 is 0 Å². The molecule has 1 aromatic heterocycles. The van der Waals surface area contributed by atoms with Crippen LogP contribution in [-0.4, -0.2) is 48.5 Å². The molecule has 0 saturated carbocycles. The highest BCUT2D eigenvalue weighted by molar-refractivity contribution is 7.89. The normalized spacial score (nSPS) is 14.5. The van der Waals surface area contributed by atoms with Gasteiger partial charge in [-0.15, -0.1) is 0 Å². The zero-order chi connectivity index (χ0) is 24.3. The number of hydrogen-bond donors (Lipinski definition) is 3. The number of urea groups is 1. The molecule has 2 aromatic carbocycles. The fourth-order valence-electron chi connectivity index (χ4n) is 3.80. The second-order valence-corrected chi connectivity index (χ2v) is 9.84. The summed E-state index contributed by atoms with van der Waals surface area (Å²) >= 11 is 0. The van der Waals surface area contributed by atoms with Gasteiger partial charge >= 0.3 is 6.03 Å². The van der Waals surface area contributed by atoms with E-state index in [4.69, 9.17) is 5.11 Å². The predicted octanol–water partition coefficient (Wildman–Crippen LogP) is 2.33. The first kappa shape index (κ1) is 23.9. The van der Waals surface area contributed by atoms with E-state index < -0.39 is 16.1 Å². The Morgan fingerprint density at radius 3 is 2.56 bits per heavy atom. The molecule has 3 N–H and O–H groups in total. The lowest BCUT2D eigenvalue weighted by molar-refractivity contribution is 0.245. The number of sulfonamides is 1. The number of carbonyl (C=O) groups is 1. The Labute approximate surface area is 197 Å². The molecule has 2 amide bonds. The quantitative estimate of drug-likeness (QED) is 0.473. The van der Waals surface area contributed by atoms with Gasteiger partial charge in [0.05, 0.1) is 34.8 Å². The van der Waals surface area contributed by atoms with E-state index in [9.17, 15) is 17.6 Å². The van der Waals surface area contributed by atoms with E-state index in [1.807, 2.05) is 0 Å². The third-order valence-corrected chi connectivity index (χ3v) is 7.16. The molecule has 0 aliphatic carbocycles. The third-order valence-electron chi connectivity index (χ3n) is 5.56. The van der Waals surface area contributed by atoms with Crippen molar-refractivity contribution in [3.05, 3.63) is 71.8 Å². The summed E-state index contributed by atoms with van der Waals surface area (Å²) in [4.78, 5) is 14.6. The van der Waals surface area contributed by atoms with Crippen LogP contribution in [0.4, 0.5) is 14.9 Å². The highest BCUT2D eigenvalue weighted by Crippen LogP contribution is 2.29.